The molecule has 4 rings (SSSR count). The molecule has 2 aromatic rings. The van der Waals surface area contributed by atoms with E-state index in [1.54, 1.807) is 4.90 Å². The third kappa shape index (κ3) is 4.08. The molecule has 0 spiro atoms. The SMILES string of the molecule is Cc1nc(C2CC2)nc2sc(C(=O)N3CCN(C(=O)OC(C)(C)C)CC3)c(C)c12. The molecule has 1 aliphatic heterocycles. The second kappa shape index (κ2) is 7.23. The summed E-state index contributed by atoms with van der Waals surface area (Å²) in [6.07, 6.45) is 1.99. The second-order valence-electron chi connectivity index (χ2n) is 8.94. The van der Waals surface area contributed by atoms with Crippen LogP contribution in [0.1, 0.15) is 66.3 Å². The number of aromatic nitrogens is 2. The van der Waals surface area contributed by atoms with Crippen molar-refractivity contribution in [3.63, 3.8) is 0 Å². The lowest BCUT2D eigenvalue weighted by atomic mass is 10.1. The van der Waals surface area contributed by atoms with Crippen LogP contribution in [0.25, 0.3) is 10.2 Å². The molecule has 156 valence electrons. The maximum atomic E-state index is 13.2. The smallest absolute Gasteiger partial charge is 0.410 e. The molecule has 0 bridgehead atoms. The van der Waals surface area contributed by atoms with Crippen LogP contribution >= 0.6 is 11.3 Å². The number of fused-ring (bicyclic) bond motifs is 1. The van der Waals surface area contributed by atoms with Crippen LogP contribution < -0.4 is 0 Å². The molecule has 1 aliphatic carbocycles. The standard InChI is InChI=1S/C21H28N4O3S/c1-12-15-13(2)22-17(14-6-7-14)23-18(15)29-16(12)19(26)24-8-10-25(11-9-24)20(27)28-21(3,4)5/h14H,6-11H2,1-5H3. The van der Waals surface area contributed by atoms with E-state index in [4.69, 9.17) is 9.72 Å². The molecule has 2 amide bonds. The number of carbonyl (C=O) groups is 2. The molecule has 0 atom stereocenters. The predicted molar refractivity (Wildman–Crippen MR) is 113 cm³/mol. The monoisotopic (exact) mass is 416 g/mol. The molecule has 3 heterocycles. The number of rotatable bonds is 2. The van der Waals surface area contributed by atoms with Crippen molar-refractivity contribution in [2.24, 2.45) is 0 Å². The van der Waals surface area contributed by atoms with Crippen molar-refractivity contribution in [1.29, 1.82) is 0 Å². The van der Waals surface area contributed by atoms with E-state index in [2.05, 4.69) is 4.98 Å². The third-order valence-electron chi connectivity index (χ3n) is 5.34. The van der Waals surface area contributed by atoms with E-state index in [1.807, 2.05) is 39.5 Å². The minimum absolute atomic E-state index is 0.0155. The molecule has 0 radical (unpaired) electrons. The lowest BCUT2D eigenvalue weighted by molar-refractivity contribution is 0.0141. The summed E-state index contributed by atoms with van der Waals surface area (Å²) >= 11 is 1.47. The molecular formula is C21H28N4O3S. The van der Waals surface area contributed by atoms with Crippen LogP contribution in [-0.2, 0) is 4.74 Å². The van der Waals surface area contributed by atoms with Gasteiger partial charge in [0.1, 0.15) is 16.3 Å². The Kier molecular flexibility index (Phi) is 5.01. The first-order chi connectivity index (χ1) is 13.6. The van der Waals surface area contributed by atoms with Crippen molar-refractivity contribution in [1.82, 2.24) is 19.8 Å². The molecule has 0 unspecified atom stereocenters. The van der Waals surface area contributed by atoms with Crippen molar-refractivity contribution < 1.29 is 14.3 Å². The Labute approximate surface area is 175 Å². The van der Waals surface area contributed by atoms with Gasteiger partial charge in [0.2, 0.25) is 0 Å². The molecule has 2 aromatic heterocycles. The molecule has 2 fully saturated rings. The molecule has 7 nitrogen and oxygen atoms in total. The van der Waals surface area contributed by atoms with Gasteiger partial charge in [-0.15, -0.1) is 11.3 Å². The average Bonchev–Trinajstić information content (AvgIpc) is 3.44. The second-order valence-corrected chi connectivity index (χ2v) is 9.94. The fourth-order valence-corrected chi connectivity index (χ4v) is 4.86. The topological polar surface area (TPSA) is 75.6 Å². The summed E-state index contributed by atoms with van der Waals surface area (Å²) in [6.45, 7) is 11.5. The Bertz CT molecular complexity index is 966. The Morgan fingerprint density at radius 2 is 1.66 bits per heavy atom. The first-order valence-corrected chi connectivity index (χ1v) is 11.0. The van der Waals surface area contributed by atoms with Crippen molar-refractivity contribution in [2.45, 2.75) is 59.0 Å². The number of thiophene rings is 1. The van der Waals surface area contributed by atoms with E-state index in [1.165, 1.54) is 11.3 Å². The Morgan fingerprint density at radius 3 is 2.24 bits per heavy atom. The number of nitrogens with zero attached hydrogens (tertiary/aromatic N) is 4. The van der Waals surface area contributed by atoms with Gasteiger partial charge in [0, 0.05) is 37.5 Å². The van der Waals surface area contributed by atoms with Gasteiger partial charge in [0.15, 0.2) is 0 Å². The number of amides is 2. The van der Waals surface area contributed by atoms with Crippen LogP contribution in [-0.4, -0.2) is 63.5 Å². The summed E-state index contributed by atoms with van der Waals surface area (Å²) in [6, 6.07) is 0. The number of hydrogen-bond acceptors (Lipinski definition) is 6. The average molecular weight is 417 g/mol. The summed E-state index contributed by atoms with van der Waals surface area (Å²) in [5, 5.41) is 1.01. The minimum Gasteiger partial charge on any atom is -0.444 e. The zero-order chi connectivity index (χ0) is 20.9. The summed E-state index contributed by atoms with van der Waals surface area (Å²) in [7, 11) is 0. The number of carbonyl (C=O) groups excluding carboxylic acids is 2. The first-order valence-electron chi connectivity index (χ1n) is 10.2. The van der Waals surface area contributed by atoms with Gasteiger partial charge in [-0.3, -0.25) is 4.79 Å². The summed E-state index contributed by atoms with van der Waals surface area (Å²) < 4.78 is 5.44. The van der Waals surface area contributed by atoms with E-state index in [-0.39, 0.29) is 12.0 Å². The summed E-state index contributed by atoms with van der Waals surface area (Å²) in [5.74, 6) is 1.42. The van der Waals surface area contributed by atoms with E-state index in [9.17, 15) is 9.59 Å². The molecule has 1 saturated carbocycles. The molecule has 0 aromatic carbocycles. The fraction of sp³-hybridized carbons (Fsp3) is 0.619. The maximum Gasteiger partial charge on any atom is 0.410 e. The van der Waals surface area contributed by atoms with Gasteiger partial charge in [-0.25, -0.2) is 14.8 Å². The predicted octanol–water partition coefficient (Wildman–Crippen LogP) is 3.88. The summed E-state index contributed by atoms with van der Waals surface area (Å²) in [5.41, 5.74) is 1.40. The number of piperazine rings is 1. The number of ether oxygens (including phenoxy) is 1. The molecular weight excluding hydrogens is 388 g/mol. The highest BCUT2D eigenvalue weighted by atomic mass is 32.1. The highest BCUT2D eigenvalue weighted by Gasteiger charge is 2.31. The Hall–Kier alpha value is -2.22. The van der Waals surface area contributed by atoms with Crippen molar-refractivity contribution in [3.8, 4) is 0 Å². The summed E-state index contributed by atoms with van der Waals surface area (Å²) in [4.78, 5) is 40.0. The van der Waals surface area contributed by atoms with Crippen LogP contribution in [0.15, 0.2) is 0 Å². The zero-order valence-corrected chi connectivity index (χ0v) is 18.6. The van der Waals surface area contributed by atoms with E-state index in [0.29, 0.717) is 32.1 Å². The van der Waals surface area contributed by atoms with E-state index < -0.39 is 5.60 Å². The van der Waals surface area contributed by atoms with Gasteiger partial charge in [0.05, 0.1) is 10.6 Å². The lowest BCUT2D eigenvalue weighted by Gasteiger charge is -2.35. The van der Waals surface area contributed by atoms with Gasteiger partial charge in [-0.05, 0) is 53.0 Å². The van der Waals surface area contributed by atoms with Crippen LogP contribution in [0, 0.1) is 13.8 Å². The van der Waals surface area contributed by atoms with E-state index in [0.717, 1.165) is 45.0 Å². The van der Waals surface area contributed by atoms with Crippen molar-refractivity contribution in [2.75, 3.05) is 26.2 Å². The van der Waals surface area contributed by atoms with Gasteiger partial charge in [-0.1, -0.05) is 0 Å². The number of hydrogen-bond donors (Lipinski definition) is 0. The highest BCUT2D eigenvalue weighted by molar-refractivity contribution is 7.20. The lowest BCUT2D eigenvalue weighted by Crippen LogP contribution is -2.51. The van der Waals surface area contributed by atoms with E-state index >= 15 is 0 Å². The molecule has 0 N–H and O–H groups in total. The van der Waals surface area contributed by atoms with Crippen LogP contribution in [0.5, 0.6) is 0 Å². The largest absolute Gasteiger partial charge is 0.444 e. The van der Waals surface area contributed by atoms with Gasteiger partial charge in [-0.2, -0.15) is 0 Å². The third-order valence-corrected chi connectivity index (χ3v) is 6.52. The van der Waals surface area contributed by atoms with Gasteiger partial charge in [0.25, 0.3) is 5.91 Å². The molecule has 8 heteroatoms. The molecule has 29 heavy (non-hydrogen) atoms. The van der Waals surface area contributed by atoms with Crippen LogP contribution in [0.2, 0.25) is 0 Å². The van der Waals surface area contributed by atoms with Gasteiger partial charge < -0.3 is 14.5 Å². The quantitative estimate of drug-likeness (QED) is 0.743. The molecule has 1 saturated heterocycles. The number of aryl methyl sites for hydroxylation is 2. The zero-order valence-electron chi connectivity index (χ0n) is 17.7. The minimum atomic E-state index is -0.517. The van der Waals surface area contributed by atoms with Crippen molar-refractivity contribution >= 4 is 33.6 Å². The van der Waals surface area contributed by atoms with Crippen LogP contribution in [0.4, 0.5) is 4.79 Å². The van der Waals surface area contributed by atoms with Gasteiger partial charge >= 0.3 is 6.09 Å². The Morgan fingerprint density at radius 1 is 1.03 bits per heavy atom. The highest BCUT2D eigenvalue weighted by Crippen LogP contribution is 2.40. The normalized spacial score (nSPS) is 17.7. The Balaban J connectivity index is 1.49. The fourth-order valence-electron chi connectivity index (χ4n) is 3.65. The van der Waals surface area contributed by atoms with Crippen LogP contribution in [0.3, 0.4) is 0 Å². The first kappa shape index (κ1) is 20.1. The van der Waals surface area contributed by atoms with Crippen molar-refractivity contribution in [3.05, 3.63) is 22.0 Å². The molecule has 2 aliphatic rings. The maximum absolute atomic E-state index is 13.2.